The average molecular weight is 397 g/mol. The number of para-hydroxylation sites is 1. The summed E-state index contributed by atoms with van der Waals surface area (Å²) in [5.41, 5.74) is -0.0257. The van der Waals surface area contributed by atoms with Crippen LogP contribution in [0.15, 0.2) is 24.3 Å². The predicted molar refractivity (Wildman–Crippen MR) is 97.4 cm³/mol. The van der Waals surface area contributed by atoms with Crippen molar-refractivity contribution in [3.63, 3.8) is 0 Å². The fraction of sp³-hybridized carbons (Fsp3) is 0.579. The Morgan fingerprint density at radius 2 is 1.96 bits per heavy atom. The number of ether oxygens (including phenoxy) is 2. The molecule has 1 N–H and O–H groups in total. The number of hydrogen-bond donors (Lipinski definition) is 1. The molecule has 0 aliphatic carbocycles. The first-order valence-electron chi connectivity index (χ1n) is 9.43. The van der Waals surface area contributed by atoms with E-state index >= 15 is 0 Å². The summed E-state index contributed by atoms with van der Waals surface area (Å²) in [6, 6.07) is 5.72. The minimum absolute atomic E-state index is 0.0257. The second-order valence-corrected chi connectivity index (χ2v) is 6.96. The molecule has 1 aromatic rings. The summed E-state index contributed by atoms with van der Waals surface area (Å²) < 4.78 is 34.6. The number of alkyl halides is 2. The third-order valence-electron chi connectivity index (χ3n) is 5.01. The van der Waals surface area contributed by atoms with Crippen molar-refractivity contribution >= 4 is 11.8 Å². The lowest BCUT2D eigenvalue weighted by Gasteiger charge is -2.29. The number of morpholine rings is 1. The van der Waals surface area contributed by atoms with E-state index in [0.717, 1.165) is 39.3 Å². The summed E-state index contributed by atoms with van der Waals surface area (Å²) in [5, 5.41) is 2.50. The van der Waals surface area contributed by atoms with Crippen LogP contribution in [0.1, 0.15) is 16.8 Å². The largest absolute Gasteiger partial charge is 0.434 e. The normalized spacial score (nSPS) is 20.4. The van der Waals surface area contributed by atoms with Crippen LogP contribution in [0.2, 0.25) is 0 Å². The molecule has 2 amide bonds. The zero-order valence-corrected chi connectivity index (χ0v) is 15.6. The second-order valence-electron chi connectivity index (χ2n) is 6.96. The van der Waals surface area contributed by atoms with Gasteiger partial charge < -0.3 is 19.7 Å². The maximum Gasteiger partial charge on any atom is 0.387 e. The van der Waals surface area contributed by atoms with Crippen molar-refractivity contribution in [3.8, 4) is 5.75 Å². The molecule has 28 heavy (non-hydrogen) atoms. The maximum absolute atomic E-state index is 12.5. The quantitative estimate of drug-likeness (QED) is 0.749. The summed E-state index contributed by atoms with van der Waals surface area (Å²) in [7, 11) is 0. The zero-order valence-electron chi connectivity index (χ0n) is 15.6. The number of nitrogens with one attached hydrogen (secondary N) is 1. The van der Waals surface area contributed by atoms with Crippen molar-refractivity contribution < 1.29 is 27.8 Å². The van der Waals surface area contributed by atoms with Crippen LogP contribution in [0.25, 0.3) is 0 Å². The Bertz CT molecular complexity index is 683. The Morgan fingerprint density at radius 1 is 1.21 bits per heavy atom. The lowest BCUT2D eigenvalue weighted by molar-refractivity contribution is -0.129. The van der Waals surface area contributed by atoms with Crippen LogP contribution >= 0.6 is 0 Å². The van der Waals surface area contributed by atoms with E-state index in [1.54, 1.807) is 11.0 Å². The summed E-state index contributed by atoms with van der Waals surface area (Å²) in [6.45, 7) is 2.40. The summed E-state index contributed by atoms with van der Waals surface area (Å²) in [4.78, 5) is 28.8. The Kier molecular flexibility index (Phi) is 7.16. The van der Waals surface area contributed by atoms with Crippen molar-refractivity contribution in [2.75, 3.05) is 52.5 Å². The molecule has 2 aliphatic heterocycles. The molecule has 0 spiro atoms. The molecule has 2 fully saturated rings. The third kappa shape index (κ3) is 5.62. The highest BCUT2D eigenvalue weighted by Gasteiger charge is 2.28. The van der Waals surface area contributed by atoms with Crippen molar-refractivity contribution in [2.24, 2.45) is 5.92 Å². The standard InChI is InChI=1S/C19H25F2N3O4/c20-19(21)28-16-4-2-1-3-15(16)18(26)22-11-17(25)24-6-5-14(13-24)12-23-7-9-27-10-8-23/h1-4,14,19H,5-13H2,(H,22,26). The summed E-state index contributed by atoms with van der Waals surface area (Å²) >= 11 is 0. The highest BCUT2D eigenvalue weighted by molar-refractivity contribution is 5.98. The molecule has 2 aliphatic rings. The summed E-state index contributed by atoms with van der Waals surface area (Å²) in [6.07, 6.45) is 0.933. The van der Waals surface area contributed by atoms with E-state index in [0.29, 0.717) is 19.0 Å². The number of halogens is 2. The highest BCUT2D eigenvalue weighted by atomic mass is 19.3. The van der Waals surface area contributed by atoms with Crippen LogP contribution in [0.5, 0.6) is 5.75 Å². The minimum Gasteiger partial charge on any atom is -0.434 e. The number of nitrogens with zero attached hydrogens (tertiary/aromatic N) is 2. The van der Waals surface area contributed by atoms with Gasteiger partial charge in [-0.2, -0.15) is 8.78 Å². The molecule has 0 aromatic heterocycles. The fourth-order valence-electron chi connectivity index (χ4n) is 3.57. The molecule has 154 valence electrons. The molecule has 7 nitrogen and oxygen atoms in total. The Balaban J connectivity index is 1.46. The first kappa shape index (κ1) is 20.5. The van der Waals surface area contributed by atoms with Crippen LogP contribution in [-0.2, 0) is 9.53 Å². The van der Waals surface area contributed by atoms with Gasteiger partial charge in [-0.25, -0.2) is 0 Å². The predicted octanol–water partition coefficient (Wildman–Crippen LogP) is 1.20. The number of hydrogen-bond acceptors (Lipinski definition) is 5. The Morgan fingerprint density at radius 3 is 2.71 bits per heavy atom. The second kappa shape index (κ2) is 9.79. The van der Waals surface area contributed by atoms with Gasteiger partial charge in [-0.15, -0.1) is 0 Å². The molecule has 0 radical (unpaired) electrons. The number of likely N-dealkylation sites (tertiary alicyclic amines) is 1. The highest BCUT2D eigenvalue weighted by Crippen LogP contribution is 2.20. The van der Waals surface area contributed by atoms with E-state index < -0.39 is 12.5 Å². The molecule has 9 heteroatoms. The van der Waals surface area contributed by atoms with Crippen LogP contribution in [-0.4, -0.2) is 80.7 Å². The van der Waals surface area contributed by atoms with Gasteiger partial charge in [0.25, 0.3) is 5.91 Å². The molecule has 2 heterocycles. The van der Waals surface area contributed by atoms with Gasteiger partial charge in [0.05, 0.1) is 25.3 Å². The van der Waals surface area contributed by atoms with Gasteiger partial charge in [-0.1, -0.05) is 12.1 Å². The first-order valence-corrected chi connectivity index (χ1v) is 9.43. The number of rotatable bonds is 7. The number of amides is 2. The van der Waals surface area contributed by atoms with E-state index in [4.69, 9.17) is 4.74 Å². The Hall–Kier alpha value is -2.26. The summed E-state index contributed by atoms with van der Waals surface area (Å²) in [5.74, 6) is -0.592. The lowest BCUT2D eigenvalue weighted by Crippen LogP contribution is -2.41. The molecule has 1 atom stereocenters. The Labute approximate surface area is 162 Å². The van der Waals surface area contributed by atoms with Crippen LogP contribution < -0.4 is 10.1 Å². The molecule has 3 rings (SSSR count). The van der Waals surface area contributed by atoms with Crippen molar-refractivity contribution in [2.45, 2.75) is 13.0 Å². The molecule has 1 unspecified atom stereocenters. The van der Waals surface area contributed by atoms with Crippen LogP contribution in [0.3, 0.4) is 0 Å². The SMILES string of the molecule is O=C(NCC(=O)N1CCC(CN2CCOCC2)C1)c1ccccc1OC(F)F. The molecule has 1 aromatic carbocycles. The van der Waals surface area contributed by atoms with Gasteiger partial charge in [0.1, 0.15) is 5.75 Å². The van der Waals surface area contributed by atoms with Crippen molar-refractivity contribution in [1.82, 2.24) is 15.1 Å². The van der Waals surface area contributed by atoms with Gasteiger partial charge in [0, 0.05) is 32.7 Å². The molecule has 0 bridgehead atoms. The zero-order chi connectivity index (χ0) is 19.9. The molecular formula is C19H25F2N3O4. The van der Waals surface area contributed by atoms with E-state index in [-0.39, 0.29) is 23.8 Å². The van der Waals surface area contributed by atoms with E-state index in [1.807, 2.05) is 0 Å². The minimum atomic E-state index is -3.02. The molecular weight excluding hydrogens is 372 g/mol. The van der Waals surface area contributed by atoms with Crippen molar-refractivity contribution in [3.05, 3.63) is 29.8 Å². The molecule has 0 saturated carbocycles. The van der Waals surface area contributed by atoms with Crippen LogP contribution in [0, 0.1) is 5.92 Å². The maximum atomic E-state index is 12.5. The van der Waals surface area contributed by atoms with Gasteiger partial charge in [-0.05, 0) is 24.5 Å². The number of carbonyl (C=O) groups excluding carboxylic acids is 2. The van der Waals surface area contributed by atoms with Gasteiger partial charge in [0.15, 0.2) is 0 Å². The smallest absolute Gasteiger partial charge is 0.387 e. The van der Waals surface area contributed by atoms with Crippen LogP contribution in [0.4, 0.5) is 8.78 Å². The monoisotopic (exact) mass is 397 g/mol. The number of benzene rings is 1. The van der Waals surface area contributed by atoms with Gasteiger partial charge >= 0.3 is 6.61 Å². The van der Waals surface area contributed by atoms with Gasteiger partial charge in [0.2, 0.25) is 5.91 Å². The van der Waals surface area contributed by atoms with E-state index in [1.165, 1.54) is 18.2 Å². The van der Waals surface area contributed by atoms with E-state index in [2.05, 4.69) is 15.0 Å². The topological polar surface area (TPSA) is 71.1 Å². The molecule has 2 saturated heterocycles. The third-order valence-corrected chi connectivity index (χ3v) is 5.01. The lowest BCUT2D eigenvalue weighted by atomic mass is 10.1. The van der Waals surface area contributed by atoms with Crippen molar-refractivity contribution in [1.29, 1.82) is 0 Å². The number of carbonyl (C=O) groups is 2. The fourth-order valence-corrected chi connectivity index (χ4v) is 3.57. The first-order chi connectivity index (χ1) is 13.5. The average Bonchev–Trinajstić information content (AvgIpc) is 3.15. The van der Waals surface area contributed by atoms with E-state index in [9.17, 15) is 18.4 Å². The van der Waals surface area contributed by atoms with Gasteiger partial charge in [-0.3, -0.25) is 14.5 Å².